The van der Waals surface area contributed by atoms with Gasteiger partial charge in [0.15, 0.2) is 4.34 Å². The molecule has 0 saturated carbocycles. The van der Waals surface area contributed by atoms with E-state index >= 15 is 0 Å². The van der Waals surface area contributed by atoms with Crippen LogP contribution in [0.15, 0.2) is 57.8 Å². The third kappa shape index (κ3) is 4.89. The zero-order valence-corrected chi connectivity index (χ0v) is 17.6. The zero-order valence-electron chi connectivity index (χ0n) is 15.2. The predicted octanol–water partition coefficient (Wildman–Crippen LogP) is 4.01. The number of carbonyl (C=O) groups excluding carboxylic acids is 1. The number of hydrogen-bond donors (Lipinski definition) is 2. The van der Waals surface area contributed by atoms with Gasteiger partial charge in [0.05, 0.1) is 10.6 Å². The fourth-order valence-corrected chi connectivity index (χ4v) is 5.13. The summed E-state index contributed by atoms with van der Waals surface area (Å²) in [6, 6.07) is 12.9. The molecule has 7 nitrogen and oxygen atoms in total. The molecule has 10 heteroatoms. The number of nitrogens with one attached hydrogen (secondary N) is 2. The fraction of sp³-hybridized carbons (Fsp3) is 0.167. The normalized spacial score (nSPS) is 11.2. The molecular formula is C18H18N4O3S3. The minimum absolute atomic E-state index is 0.174. The number of amides is 1. The molecule has 1 aromatic heterocycles. The van der Waals surface area contributed by atoms with Crippen molar-refractivity contribution < 1.29 is 13.2 Å². The first kappa shape index (κ1) is 20.3. The highest BCUT2D eigenvalue weighted by Gasteiger charge is 2.16. The number of aryl methyl sites for hydroxylation is 1. The van der Waals surface area contributed by atoms with Crippen molar-refractivity contribution in [3.63, 3.8) is 0 Å². The van der Waals surface area contributed by atoms with Crippen LogP contribution in [0.25, 0.3) is 0 Å². The first-order valence-corrected chi connectivity index (χ1v) is 11.6. The van der Waals surface area contributed by atoms with Gasteiger partial charge in [0.2, 0.25) is 5.13 Å². The highest BCUT2D eigenvalue weighted by Crippen LogP contribution is 2.26. The molecule has 0 radical (unpaired) electrons. The zero-order chi connectivity index (χ0) is 20.1. The van der Waals surface area contributed by atoms with Crippen molar-refractivity contribution in [1.29, 1.82) is 0 Å². The van der Waals surface area contributed by atoms with Crippen LogP contribution in [0, 0.1) is 6.92 Å². The Morgan fingerprint density at radius 3 is 2.57 bits per heavy atom. The SMILES string of the molecule is CCSc1nnc(NC(=O)c2ccc(NS(=O)(=O)c3ccccc3)c(C)c2)s1. The molecule has 2 aromatic carbocycles. The summed E-state index contributed by atoms with van der Waals surface area (Å²) in [7, 11) is -3.69. The predicted molar refractivity (Wildman–Crippen MR) is 113 cm³/mol. The van der Waals surface area contributed by atoms with Crippen LogP contribution in [-0.4, -0.2) is 30.3 Å². The average Bonchev–Trinajstić information content (AvgIpc) is 3.11. The number of anilines is 2. The number of thioether (sulfide) groups is 1. The Morgan fingerprint density at radius 1 is 1.14 bits per heavy atom. The van der Waals surface area contributed by atoms with Gasteiger partial charge in [-0.05, 0) is 48.6 Å². The summed E-state index contributed by atoms with van der Waals surface area (Å²) in [5.41, 5.74) is 1.45. The van der Waals surface area contributed by atoms with Crippen molar-refractivity contribution in [2.45, 2.75) is 23.1 Å². The van der Waals surface area contributed by atoms with E-state index in [-0.39, 0.29) is 10.8 Å². The second-order valence-electron chi connectivity index (χ2n) is 5.71. The first-order valence-electron chi connectivity index (χ1n) is 8.35. The van der Waals surface area contributed by atoms with Crippen molar-refractivity contribution in [1.82, 2.24) is 10.2 Å². The molecule has 0 aliphatic rings. The summed E-state index contributed by atoms with van der Waals surface area (Å²) in [5.74, 6) is 0.548. The van der Waals surface area contributed by atoms with Gasteiger partial charge in [0.25, 0.3) is 15.9 Å². The number of hydrogen-bond acceptors (Lipinski definition) is 7. The molecule has 146 valence electrons. The summed E-state index contributed by atoms with van der Waals surface area (Å²) in [4.78, 5) is 12.6. The molecule has 3 aromatic rings. The van der Waals surface area contributed by atoms with E-state index in [0.717, 1.165) is 10.1 Å². The quantitative estimate of drug-likeness (QED) is 0.430. The Hall–Kier alpha value is -2.43. The summed E-state index contributed by atoms with van der Waals surface area (Å²) in [6.07, 6.45) is 0. The van der Waals surface area contributed by atoms with Crippen LogP contribution in [0.5, 0.6) is 0 Å². The van der Waals surface area contributed by atoms with E-state index in [1.54, 1.807) is 55.1 Å². The van der Waals surface area contributed by atoms with E-state index in [1.165, 1.54) is 23.5 Å². The van der Waals surface area contributed by atoms with Crippen LogP contribution in [0.1, 0.15) is 22.8 Å². The smallest absolute Gasteiger partial charge is 0.261 e. The Bertz CT molecular complexity index is 1080. The molecule has 0 unspecified atom stereocenters. The van der Waals surface area contributed by atoms with Crippen LogP contribution in [-0.2, 0) is 10.0 Å². The summed E-state index contributed by atoms with van der Waals surface area (Å²) in [6.45, 7) is 3.75. The number of carbonyl (C=O) groups is 1. The van der Waals surface area contributed by atoms with Gasteiger partial charge in [0.1, 0.15) is 0 Å². The van der Waals surface area contributed by atoms with Gasteiger partial charge in [-0.3, -0.25) is 14.8 Å². The van der Waals surface area contributed by atoms with E-state index in [0.29, 0.717) is 21.9 Å². The largest absolute Gasteiger partial charge is 0.296 e. The number of rotatable bonds is 7. The standard InChI is InChI=1S/C18H18N4O3S3/c1-3-26-18-21-20-17(27-18)19-16(23)13-9-10-15(12(2)11-13)22-28(24,25)14-7-5-4-6-8-14/h4-11,22H,3H2,1-2H3,(H,19,20,23). The molecule has 1 amide bonds. The van der Waals surface area contributed by atoms with E-state index in [2.05, 4.69) is 20.2 Å². The lowest BCUT2D eigenvalue weighted by Crippen LogP contribution is -2.15. The molecule has 2 N–H and O–H groups in total. The average molecular weight is 435 g/mol. The molecule has 0 saturated heterocycles. The monoisotopic (exact) mass is 434 g/mol. The maximum Gasteiger partial charge on any atom is 0.261 e. The third-order valence-electron chi connectivity index (χ3n) is 3.68. The van der Waals surface area contributed by atoms with Crippen LogP contribution in [0.4, 0.5) is 10.8 Å². The number of benzene rings is 2. The fourth-order valence-electron chi connectivity index (χ4n) is 2.33. The van der Waals surface area contributed by atoms with Crippen LogP contribution in [0.2, 0.25) is 0 Å². The van der Waals surface area contributed by atoms with Gasteiger partial charge < -0.3 is 0 Å². The Morgan fingerprint density at radius 2 is 1.89 bits per heavy atom. The second kappa shape index (κ2) is 8.72. The molecule has 0 aliphatic heterocycles. The second-order valence-corrected chi connectivity index (χ2v) is 9.88. The maximum absolute atomic E-state index is 12.5. The van der Waals surface area contributed by atoms with E-state index in [4.69, 9.17) is 0 Å². The molecule has 0 aliphatic carbocycles. The van der Waals surface area contributed by atoms with Crippen LogP contribution in [0.3, 0.4) is 0 Å². The number of nitrogens with zero attached hydrogens (tertiary/aromatic N) is 2. The van der Waals surface area contributed by atoms with Gasteiger partial charge in [-0.15, -0.1) is 10.2 Å². The van der Waals surface area contributed by atoms with Crippen molar-refractivity contribution in [3.8, 4) is 0 Å². The van der Waals surface area contributed by atoms with E-state index in [9.17, 15) is 13.2 Å². The van der Waals surface area contributed by atoms with Crippen molar-refractivity contribution in [2.24, 2.45) is 0 Å². The summed E-state index contributed by atoms with van der Waals surface area (Å²) in [5, 5.41) is 11.1. The van der Waals surface area contributed by atoms with Crippen molar-refractivity contribution >= 4 is 49.8 Å². The minimum atomic E-state index is -3.69. The number of aromatic nitrogens is 2. The van der Waals surface area contributed by atoms with Crippen molar-refractivity contribution in [2.75, 3.05) is 15.8 Å². The van der Waals surface area contributed by atoms with Crippen molar-refractivity contribution in [3.05, 3.63) is 59.7 Å². The molecule has 28 heavy (non-hydrogen) atoms. The molecule has 3 rings (SSSR count). The Labute approximate surface area is 171 Å². The van der Waals surface area contributed by atoms with Gasteiger partial charge in [-0.25, -0.2) is 8.42 Å². The van der Waals surface area contributed by atoms with E-state index in [1.807, 2.05) is 6.92 Å². The van der Waals surface area contributed by atoms with Crippen LogP contribution < -0.4 is 10.0 Å². The van der Waals surface area contributed by atoms with E-state index < -0.39 is 10.0 Å². The highest BCUT2D eigenvalue weighted by molar-refractivity contribution is 8.01. The lowest BCUT2D eigenvalue weighted by Gasteiger charge is -2.11. The molecule has 1 heterocycles. The molecule has 0 atom stereocenters. The summed E-state index contributed by atoms with van der Waals surface area (Å²) < 4.78 is 28.3. The minimum Gasteiger partial charge on any atom is -0.296 e. The number of sulfonamides is 1. The van der Waals surface area contributed by atoms with Crippen LogP contribution >= 0.6 is 23.1 Å². The molecular weight excluding hydrogens is 416 g/mol. The topological polar surface area (TPSA) is 101 Å². The lowest BCUT2D eigenvalue weighted by molar-refractivity contribution is 0.102. The van der Waals surface area contributed by atoms with Gasteiger partial charge >= 0.3 is 0 Å². The molecule has 0 bridgehead atoms. The van der Waals surface area contributed by atoms with Gasteiger partial charge in [0, 0.05) is 5.56 Å². The third-order valence-corrected chi connectivity index (χ3v) is 6.92. The Balaban J connectivity index is 1.73. The lowest BCUT2D eigenvalue weighted by atomic mass is 10.1. The van der Waals surface area contributed by atoms with Gasteiger partial charge in [-0.2, -0.15) is 0 Å². The maximum atomic E-state index is 12.5. The molecule has 0 spiro atoms. The van der Waals surface area contributed by atoms with Gasteiger partial charge in [-0.1, -0.05) is 48.2 Å². The Kier molecular flexibility index (Phi) is 6.32. The first-order chi connectivity index (χ1) is 13.4. The highest BCUT2D eigenvalue weighted by atomic mass is 32.2. The molecule has 0 fully saturated rings. The summed E-state index contributed by atoms with van der Waals surface area (Å²) >= 11 is 2.87.